The van der Waals surface area contributed by atoms with Gasteiger partial charge >= 0.3 is 0 Å². The van der Waals surface area contributed by atoms with Crippen LogP contribution in [0.3, 0.4) is 0 Å². The summed E-state index contributed by atoms with van der Waals surface area (Å²) in [4.78, 5) is 42.3. The minimum atomic E-state index is -0.165. The van der Waals surface area contributed by atoms with Crippen molar-refractivity contribution in [3.63, 3.8) is 0 Å². The summed E-state index contributed by atoms with van der Waals surface area (Å²) in [5.74, 6) is 0.158. The monoisotopic (exact) mass is 346 g/mol. The van der Waals surface area contributed by atoms with Crippen molar-refractivity contribution in [3.05, 3.63) is 34.7 Å². The smallest absolute Gasteiger partial charge is 0.250 e. The van der Waals surface area contributed by atoms with Crippen LogP contribution in [0.25, 0.3) is 0 Å². The number of likely N-dealkylation sites (tertiary alicyclic amines) is 1. The van der Waals surface area contributed by atoms with Crippen LogP contribution < -0.4 is 5.56 Å². The number of nitrogens with zero attached hydrogens (tertiary/aromatic N) is 4. The topological polar surface area (TPSA) is 65.9 Å². The summed E-state index contributed by atoms with van der Waals surface area (Å²) < 4.78 is 1.43. The molecule has 0 spiro atoms. The normalized spacial score (nSPS) is 19.0. The highest BCUT2D eigenvalue weighted by molar-refractivity contribution is 5.78. The van der Waals surface area contributed by atoms with Gasteiger partial charge in [-0.2, -0.15) is 0 Å². The number of rotatable bonds is 4. The maximum absolute atomic E-state index is 12.4. The van der Waals surface area contributed by atoms with E-state index >= 15 is 0 Å². The second-order valence-electron chi connectivity index (χ2n) is 6.77. The Balaban J connectivity index is 1.45. The number of hydrogen-bond acceptors (Lipinski definition) is 4. The first-order valence-electron chi connectivity index (χ1n) is 9.07. The summed E-state index contributed by atoms with van der Waals surface area (Å²) in [5.41, 5.74) is -0.165. The molecule has 2 fully saturated rings. The van der Waals surface area contributed by atoms with Crippen molar-refractivity contribution in [1.82, 2.24) is 19.3 Å². The molecule has 0 unspecified atom stereocenters. The van der Waals surface area contributed by atoms with E-state index in [-0.39, 0.29) is 23.9 Å². The number of piperidine rings is 1. The number of carbonyl (C=O) groups excluding carboxylic acids is 2. The first-order chi connectivity index (χ1) is 12.1. The van der Waals surface area contributed by atoms with Crippen LogP contribution >= 0.6 is 0 Å². The van der Waals surface area contributed by atoms with Crippen molar-refractivity contribution in [3.8, 4) is 0 Å². The maximum atomic E-state index is 12.4. The van der Waals surface area contributed by atoms with Crippen molar-refractivity contribution in [2.24, 2.45) is 0 Å². The molecule has 0 atom stereocenters. The molecular formula is C18H26N4O3. The summed E-state index contributed by atoms with van der Waals surface area (Å²) in [6.07, 6.45) is 5.06. The molecule has 136 valence electrons. The van der Waals surface area contributed by atoms with E-state index in [9.17, 15) is 14.4 Å². The molecular weight excluding hydrogens is 320 g/mol. The number of amides is 2. The van der Waals surface area contributed by atoms with Gasteiger partial charge in [-0.05, 0) is 25.3 Å². The zero-order valence-electron chi connectivity index (χ0n) is 14.6. The van der Waals surface area contributed by atoms with Crippen LogP contribution in [0.4, 0.5) is 0 Å². The van der Waals surface area contributed by atoms with E-state index in [1.807, 2.05) is 4.90 Å². The summed E-state index contributed by atoms with van der Waals surface area (Å²) in [5, 5.41) is 0. The highest BCUT2D eigenvalue weighted by atomic mass is 16.2. The average molecular weight is 346 g/mol. The Bertz CT molecular complexity index is 658. The van der Waals surface area contributed by atoms with Gasteiger partial charge in [0, 0.05) is 51.5 Å². The van der Waals surface area contributed by atoms with E-state index in [1.165, 1.54) is 17.1 Å². The van der Waals surface area contributed by atoms with Crippen LogP contribution in [0.15, 0.2) is 29.2 Å². The van der Waals surface area contributed by atoms with Gasteiger partial charge in [0.15, 0.2) is 0 Å². The predicted molar refractivity (Wildman–Crippen MR) is 94.2 cm³/mol. The number of hydrogen-bond donors (Lipinski definition) is 0. The minimum absolute atomic E-state index is 0.0460. The first-order valence-corrected chi connectivity index (χ1v) is 9.07. The largest absolute Gasteiger partial charge is 0.342 e. The fourth-order valence-electron chi connectivity index (χ4n) is 3.43. The van der Waals surface area contributed by atoms with Crippen LogP contribution in [0, 0.1) is 0 Å². The summed E-state index contributed by atoms with van der Waals surface area (Å²) in [6, 6.07) is 4.87. The summed E-state index contributed by atoms with van der Waals surface area (Å²) in [6.45, 7) is 4.89. The Hall–Kier alpha value is -2.15. The Labute approximate surface area is 147 Å². The maximum Gasteiger partial charge on any atom is 0.250 e. The zero-order chi connectivity index (χ0) is 17.6. The van der Waals surface area contributed by atoms with E-state index in [4.69, 9.17) is 0 Å². The molecule has 0 N–H and O–H groups in total. The van der Waals surface area contributed by atoms with Gasteiger partial charge in [0.05, 0.1) is 6.54 Å². The molecule has 3 heterocycles. The second kappa shape index (κ2) is 8.29. The van der Waals surface area contributed by atoms with Crippen LogP contribution in [0.1, 0.15) is 19.3 Å². The summed E-state index contributed by atoms with van der Waals surface area (Å²) >= 11 is 0. The second-order valence-corrected chi connectivity index (χ2v) is 6.77. The minimum Gasteiger partial charge on any atom is -0.342 e. The van der Waals surface area contributed by atoms with Gasteiger partial charge < -0.3 is 14.4 Å². The molecule has 0 aliphatic carbocycles. The summed E-state index contributed by atoms with van der Waals surface area (Å²) in [7, 11) is 0. The van der Waals surface area contributed by atoms with Gasteiger partial charge in [-0.3, -0.25) is 19.3 Å². The Morgan fingerprint density at radius 1 is 0.800 bits per heavy atom. The third kappa shape index (κ3) is 4.69. The van der Waals surface area contributed by atoms with E-state index in [2.05, 4.69) is 4.90 Å². The quantitative estimate of drug-likeness (QED) is 0.770. The molecule has 2 aliphatic heterocycles. The third-order valence-electron chi connectivity index (χ3n) is 5.00. The number of pyridine rings is 1. The van der Waals surface area contributed by atoms with Gasteiger partial charge in [-0.1, -0.05) is 6.07 Å². The number of aromatic nitrogens is 1. The SMILES string of the molecule is O=C(CN1CCN(C(=O)Cn2ccccc2=O)CC1)N1CCCCC1. The lowest BCUT2D eigenvalue weighted by atomic mass is 10.1. The van der Waals surface area contributed by atoms with Gasteiger partial charge in [-0.15, -0.1) is 0 Å². The highest BCUT2D eigenvalue weighted by Crippen LogP contribution is 2.10. The van der Waals surface area contributed by atoms with Crippen molar-refractivity contribution >= 4 is 11.8 Å². The highest BCUT2D eigenvalue weighted by Gasteiger charge is 2.24. The van der Waals surface area contributed by atoms with Gasteiger partial charge in [0.2, 0.25) is 11.8 Å². The molecule has 1 aromatic rings. The third-order valence-corrected chi connectivity index (χ3v) is 5.00. The Morgan fingerprint density at radius 2 is 1.44 bits per heavy atom. The molecule has 7 heteroatoms. The molecule has 0 radical (unpaired) electrons. The van der Waals surface area contributed by atoms with E-state index in [1.54, 1.807) is 23.2 Å². The molecule has 1 aromatic heterocycles. The van der Waals surface area contributed by atoms with Gasteiger partial charge in [0.1, 0.15) is 6.54 Å². The zero-order valence-corrected chi connectivity index (χ0v) is 14.6. The number of piperazine rings is 1. The Kier molecular flexibility index (Phi) is 5.86. The van der Waals surface area contributed by atoms with Crippen LogP contribution in [-0.2, 0) is 16.1 Å². The van der Waals surface area contributed by atoms with E-state index < -0.39 is 0 Å². The number of carbonyl (C=O) groups is 2. The molecule has 25 heavy (non-hydrogen) atoms. The van der Waals surface area contributed by atoms with Crippen molar-refractivity contribution in [2.45, 2.75) is 25.8 Å². The fraction of sp³-hybridized carbons (Fsp3) is 0.611. The van der Waals surface area contributed by atoms with Crippen molar-refractivity contribution < 1.29 is 9.59 Å². The van der Waals surface area contributed by atoms with Crippen molar-refractivity contribution in [1.29, 1.82) is 0 Å². The lowest BCUT2D eigenvalue weighted by molar-refractivity contribution is -0.136. The molecule has 2 aliphatic rings. The van der Waals surface area contributed by atoms with Crippen LogP contribution in [-0.4, -0.2) is 76.9 Å². The molecule has 3 rings (SSSR count). The molecule has 2 amide bonds. The van der Waals surface area contributed by atoms with E-state index in [0.29, 0.717) is 32.7 Å². The molecule has 0 aromatic carbocycles. The van der Waals surface area contributed by atoms with Crippen LogP contribution in [0.5, 0.6) is 0 Å². The molecule has 0 bridgehead atoms. The first kappa shape index (κ1) is 17.7. The molecule has 2 saturated heterocycles. The molecule has 7 nitrogen and oxygen atoms in total. The van der Waals surface area contributed by atoms with Gasteiger partial charge in [-0.25, -0.2) is 0 Å². The standard InChI is InChI=1S/C18H26N4O3/c23-16-6-2-5-9-22(16)15-18(25)21-12-10-19(11-13-21)14-17(24)20-7-3-1-4-8-20/h2,5-6,9H,1,3-4,7-8,10-15H2. The van der Waals surface area contributed by atoms with E-state index in [0.717, 1.165) is 25.9 Å². The Morgan fingerprint density at radius 3 is 2.12 bits per heavy atom. The predicted octanol–water partition coefficient (Wildman–Crippen LogP) is 0.00500. The lowest BCUT2D eigenvalue weighted by Crippen LogP contribution is -2.52. The van der Waals surface area contributed by atoms with Crippen molar-refractivity contribution in [2.75, 3.05) is 45.8 Å². The van der Waals surface area contributed by atoms with Crippen LogP contribution in [0.2, 0.25) is 0 Å². The van der Waals surface area contributed by atoms with Gasteiger partial charge in [0.25, 0.3) is 5.56 Å². The molecule has 0 saturated carbocycles. The average Bonchev–Trinajstić information content (AvgIpc) is 2.65. The lowest BCUT2D eigenvalue weighted by Gasteiger charge is -2.36. The fourth-order valence-corrected chi connectivity index (χ4v) is 3.43.